The lowest BCUT2D eigenvalue weighted by atomic mass is 10.2. The Hall–Kier alpha value is -1.34. The van der Waals surface area contributed by atoms with E-state index in [0.717, 1.165) is 32.8 Å². The highest BCUT2D eigenvalue weighted by Crippen LogP contribution is 2.12. The molecule has 1 atom stereocenters. The number of hydrogen-bond acceptors (Lipinski definition) is 5. The predicted molar refractivity (Wildman–Crippen MR) is 61.4 cm³/mol. The molecule has 18 heavy (non-hydrogen) atoms. The van der Waals surface area contributed by atoms with Crippen LogP contribution in [0.3, 0.4) is 0 Å². The minimum atomic E-state index is -1.07. The van der Waals surface area contributed by atoms with Crippen LogP contribution in [0.1, 0.15) is 6.42 Å². The number of carboxylic acids is 1. The molecule has 7 heteroatoms. The van der Waals surface area contributed by atoms with Crippen LogP contribution >= 0.6 is 0 Å². The van der Waals surface area contributed by atoms with Crippen LogP contribution in [0.5, 0.6) is 0 Å². The summed E-state index contributed by atoms with van der Waals surface area (Å²) in [4.78, 5) is 26.1. The van der Waals surface area contributed by atoms with Crippen molar-refractivity contribution in [3.05, 3.63) is 0 Å². The SMILES string of the molecule is O=C(O)C1CCN(CCN2CCOCC2)C(=O)O1. The number of rotatable bonds is 4. The fraction of sp³-hybridized carbons (Fsp3) is 0.818. The summed E-state index contributed by atoms with van der Waals surface area (Å²) < 4.78 is 10.1. The quantitative estimate of drug-likeness (QED) is 0.740. The van der Waals surface area contributed by atoms with E-state index in [1.807, 2.05) is 0 Å². The van der Waals surface area contributed by atoms with Gasteiger partial charge in [-0.15, -0.1) is 0 Å². The normalized spacial score (nSPS) is 25.9. The second kappa shape index (κ2) is 6.01. The van der Waals surface area contributed by atoms with Crippen LogP contribution in [0.4, 0.5) is 4.79 Å². The molecule has 2 aliphatic rings. The van der Waals surface area contributed by atoms with Gasteiger partial charge in [-0.2, -0.15) is 0 Å². The van der Waals surface area contributed by atoms with Crippen LogP contribution in [0.15, 0.2) is 0 Å². The summed E-state index contributed by atoms with van der Waals surface area (Å²) in [7, 11) is 0. The summed E-state index contributed by atoms with van der Waals surface area (Å²) in [6.07, 6.45) is -1.16. The van der Waals surface area contributed by atoms with Crippen molar-refractivity contribution < 1.29 is 24.2 Å². The largest absolute Gasteiger partial charge is 0.479 e. The smallest absolute Gasteiger partial charge is 0.410 e. The predicted octanol–water partition coefficient (Wildman–Crippen LogP) is -0.386. The van der Waals surface area contributed by atoms with Crippen LogP contribution in [-0.2, 0) is 14.3 Å². The van der Waals surface area contributed by atoms with Crippen molar-refractivity contribution in [1.82, 2.24) is 9.80 Å². The Morgan fingerprint density at radius 1 is 1.28 bits per heavy atom. The fourth-order valence-corrected chi connectivity index (χ4v) is 2.08. The Balaban J connectivity index is 1.73. The number of morpholine rings is 1. The molecular formula is C11H18N2O5. The maximum absolute atomic E-state index is 11.6. The Kier molecular flexibility index (Phi) is 4.38. The van der Waals surface area contributed by atoms with Crippen molar-refractivity contribution in [1.29, 1.82) is 0 Å². The highest BCUT2D eigenvalue weighted by molar-refractivity contribution is 5.78. The molecule has 2 heterocycles. The molecule has 1 N–H and O–H groups in total. The number of nitrogens with zero attached hydrogens (tertiary/aromatic N) is 2. The number of carboxylic acid groups (broad SMARTS) is 1. The lowest BCUT2D eigenvalue weighted by Gasteiger charge is -2.33. The van der Waals surface area contributed by atoms with Crippen molar-refractivity contribution in [2.75, 3.05) is 45.9 Å². The summed E-state index contributed by atoms with van der Waals surface area (Å²) in [5, 5.41) is 8.76. The zero-order chi connectivity index (χ0) is 13.0. The van der Waals surface area contributed by atoms with E-state index < -0.39 is 18.2 Å². The first-order valence-corrected chi connectivity index (χ1v) is 6.15. The first-order valence-electron chi connectivity index (χ1n) is 6.15. The molecule has 0 radical (unpaired) electrons. The van der Waals surface area contributed by atoms with E-state index in [0.29, 0.717) is 19.5 Å². The molecule has 0 aromatic heterocycles. The molecule has 1 unspecified atom stereocenters. The van der Waals surface area contributed by atoms with Crippen molar-refractivity contribution >= 4 is 12.1 Å². The Labute approximate surface area is 105 Å². The molecule has 2 saturated heterocycles. The van der Waals surface area contributed by atoms with E-state index in [9.17, 15) is 9.59 Å². The van der Waals surface area contributed by atoms with Crippen molar-refractivity contribution in [3.8, 4) is 0 Å². The van der Waals surface area contributed by atoms with Gasteiger partial charge in [-0.1, -0.05) is 0 Å². The van der Waals surface area contributed by atoms with E-state index in [1.54, 1.807) is 4.90 Å². The van der Waals surface area contributed by atoms with Gasteiger partial charge in [-0.25, -0.2) is 9.59 Å². The molecule has 0 bridgehead atoms. The van der Waals surface area contributed by atoms with Gasteiger partial charge in [0.1, 0.15) is 0 Å². The van der Waals surface area contributed by atoms with Gasteiger partial charge in [0.05, 0.1) is 13.2 Å². The van der Waals surface area contributed by atoms with Crippen molar-refractivity contribution in [3.63, 3.8) is 0 Å². The highest BCUT2D eigenvalue weighted by atomic mass is 16.6. The lowest BCUT2D eigenvalue weighted by molar-refractivity contribution is -0.149. The standard InChI is InChI=1S/C11H18N2O5/c14-10(15)9-1-2-13(11(16)18-9)4-3-12-5-7-17-8-6-12/h9H,1-8H2,(H,14,15). The monoisotopic (exact) mass is 258 g/mol. The minimum absolute atomic E-state index is 0.351. The Morgan fingerprint density at radius 3 is 2.61 bits per heavy atom. The average Bonchev–Trinajstić information content (AvgIpc) is 2.38. The van der Waals surface area contributed by atoms with E-state index in [2.05, 4.69) is 4.90 Å². The van der Waals surface area contributed by atoms with Crippen LogP contribution in [0, 0.1) is 0 Å². The Morgan fingerprint density at radius 2 is 2.00 bits per heavy atom. The van der Waals surface area contributed by atoms with Gasteiger partial charge in [-0.3, -0.25) is 4.90 Å². The number of ether oxygens (including phenoxy) is 2. The van der Waals surface area contributed by atoms with Crippen LogP contribution in [0.2, 0.25) is 0 Å². The van der Waals surface area contributed by atoms with Gasteiger partial charge in [-0.05, 0) is 0 Å². The molecule has 0 aliphatic carbocycles. The maximum Gasteiger partial charge on any atom is 0.410 e. The zero-order valence-electron chi connectivity index (χ0n) is 10.2. The summed E-state index contributed by atoms with van der Waals surface area (Å²) in [6.45, 7) is 5.00. The molecule has 2 rings (SSSR count). The van der Waals surface area contributed by atoms with Gasteiger partial charge in [0.15, 0.2) is 0 Å². The second-order valence-corrected chi connectivity index (χ2v) is 4.44. The molecule has 0 aromatic rings. The van der Waals surface area contributed by atoms with Gasteiger partial charge < -0.3 is 19.5 Å². The number of hydrogen-bond donors (Lipinski definition) is 1. The number of cyclic esters (lactones) is 1. The summed E-state index contributed by atoms with van der Waals surface area (Å²) >= 11 is 0. The third-order valence-corrected chi connectivity index (χ3v) is 3.23. The van der Waals surface area contributed by atoms with Gasteiger partial charge >= 0.3 is 12.1 Å². The van der Waals surface area contributed by atoms with Gasteiger partial charge in [0.2, 0.25) is 6.10 Å². The van der Waals surface area contributed by atoms with Crippen LogP contribution in [0.25, 0.3) is 0 Å². The lowest BCUT2D eigenvalue weighted by Crippen LogP contribution is -2.48. The number of carbonyl (C=O) groups is 2. The summed E-state index contributed by atoms with van der Waals surface area (Å²) in [5.41, 5.74) is 0. The Bertz CT molecular complexity index is 317. The second-order valence-electron chi connectivity index (χ2n) is 4.44. The van der Waals surface area contributed by atoms with E-state index in [-0.39, 0.29) is 0 Å². The van der Waals surface area contributed by atoms with Crippen molar-refractivity contribution in [2.45, 2.75) is 12.5 Å². The first-order chi connectivity index (χ1) is 8.66. The summed E-state index contributed by atoms with van der Waals surface area (Å²) in [6, 6.07) is 0. The molecule has 2 fully saturated rings. The van der Waals surface area contributed by atoms with Crippen LogP contribution < -0.4 is 0 Å². The molecular weight excluding hydrogens is 240 g/mol. The van der Waals surface area contributed by atoms with E-state index >= 15 is 0 Å². The van der Waals surface area contributed by atoms with E-state index in [4.69, 9.17) is 14.6 Å². The topological polar surface area (TPSA) is 79.3 Å². The first kappa shape index (κ1) is 13.1. The number of carbonyl (C=O) groups excluding carboxylic acids is 1. The van der Waals surface area contributed by atoms with Crippen LogP contribution in [-0.4, -0.2) is 79.0 Å². The molecule has 0 saturated carbocycles. The molecule has 2 aliphatic heterocycles. The number of aliphatic carboxylic acids is 1. The van der Waals surface area contributed by atoms with Crippen molar-refractivity contribution in [2.24, 2.45) is 0 Å². The van der Waals surface area contributed by atoms with Gasteiger partial charge in [0.25, 0.3) is 0 Å². The fourth-order valence-electron chi connectivity index (χ4n) is 2.08. The minimum Gasteiger partial charge on any atom is -0.479 e. The maximum atomic E-state index is 11.6. The highest BCUT2D eigenvalue weighted by Gasteiger charge is 2.31. The zero-order valence-corrected chi connectivity index (χ0v) is 10.2. The average molecular weight is 258 g/mol. The van der Waals surface area contributed by atoms with Gasteiger partial charge in [0, 0.05) is 39.1 Å². The molecule has 7 nitrogen and oxygen atoms in total. The molecule has 0 spiro atoms. The summed E-state index contributed by atoms with van der Waals surface area (Å²) in [5.74, 6) is -1.07. The third-order valence-electron chi connectivity index (χ3n) is 3.23. The molecule has 1 amide bonds. The molecule has 102 valence electrons. The third kappa shape index (κ3) is 3.33. The number of amides is 1. The molecule has 0 aromatic carbocycles. The van der Waals surface area contributed by atoms with E-state index in [1.165, 1.54) is 0 Å².